The third-order valence-electron chi connectivity index (χ3n) is 5.61. The van der Waals surface area contributed by atoms with Crippen molar-refractivity contribution in [1.82, 2.24) is 15.2 Å². The molecule has 35 heavy (non-hydrogen) atoms. The van der Waals surface area contributed by atoms with Crippen LogP contribution in [0.5, 0.6) is 5.75 Å². The number of ether oxygens (including phenoxy) is 1. The lowest BCUT2D eigenvalue weighted by atomic mass is 9.96. The Labute approximate surface area is 205 Å². The number of phenolic OH excluding ortho intramolecular Hbond substituents is 1. The highest BCUT2D eigenvalue weighted by Crippen LogP contribution is 2.40. The van der Waals surface area contributed by atoms with Crippen LogP contribution in [0, 0.1) is 6.92 Å². The molecule has 0 aliphatic heterocycles. The van der Waals surface area contributed by atoms with Crippen LogP contribution in [0.1, 0.15) is 23.0 Å². The number of fused-ring (bicyclic) bond motifs is 2. The van der Waals surface area contributed by atoms with Crippen LogP contribution in [-0.2, 0) is 4.74 Å². The summed E-state index contributed by atoms with van der Waals surface area (Å²) in [5, 5.41) is 29.1. The Kier molecular flexibility index (Phi) is 5.88. The van der Waals surface area contributed by atoms with Gasteiger partial charge in [-0.25, -0.2) is 9.78 Å². The van der Waals surface area contributed by atoms with Crippen LogP contribution in [0.25, 0.3) is 32.9 Å². The van der Waals surface area contributed by atoms with E-state index in [0.29, 0.717) is 38.6 Å². The Morgan fingerprint density at radius 1 is 1.09 bits per heavy atom. The predicted molar refractivity (Wildman–Crippen MR) is 135 cm³/mol. The van der Waals surface area contributed by atoms with Gasteiger partial charge in [0.15, 0.2) is 11.5 Å². The molecule has 2 N–H and O–H groups in total. The Bertz CT molecular complexity index is 1610. The smallest absolute Gasteiger partial charge is 0.340 e. The molecule has 0 radical (unpaired) electrons. The molecule has 0 saturated carbocycles. The summed E-state index contributed by atoms with van der Waals surface area (Å²) in [5.41, 5.74) is 2.77. The largest absolute Gasteiger partial charge is 0.506 e. The van der Waals surface area contributed by atoms with E-state index in [1.165, 1.54) is 0 Å². The molecule has 8 nitrogen and oxygen atoms in total. The Morgan fingerprint density at radius 2 is 1.86 bits per heavy atom. The Morgan fingerprint density at radius 3 is 2.63 bits per heavy atom. The monoisotopic (exact) mass is 485 g/mol. The van der Waals surface area contributed by atoms with Gasteiger partial charge in [-0.1, -0.05) is 54.1 Å². The van der Waals surface area contributed by atoms with E-state index in [4.69, 9.17) is 16.3 Å². The molecule has 2 aromatic heterocycles. The molecule has 0 unspecified atom stereocenters. The number of aromatic hydroxyl groups is 1. The number of H-pyrrole nitrogens is 1. The number of carbonyl (C=O) groups is 1. The van der Waals surface area contributed by atoms with Crippen molar-refractivity contribution in [3.8, 4) is 16.9 Å². The maximum Gasteiger partial charge on any atom is 0.340 e. The lowest BCUT2D eigenvalue weighted by Crippen LogP contribution is -2.10. The number of esters is 1. The summed E-state index contributed by atoms with van der Waals surface area (Å²) in [7, 11) is 0. The number of aryl methyl sites for hydroxylation is 1. The van der Waals surface area contributed by atoms with Crippen molar-refractivity contribution in [3.63, 3.8) is 0 Å². The summed E-state index contributed by atoms with van der Waals surface area (Å²) in [5.74, 6) is -0.217. The number of nitrogens with zero attached hydrogens (tertiary/aromatic N) is 4. The van der Waals surface area contributed by atoms with E-state index in [2.05, 4.69) is 25.4 Å². The number of aromatic amines is 1. The highest BCUT2D eigenvalue weighted by molar-refractivity contribution is 6.30. The first-order chi connectivity index (χ1) is 17.0. The molecule has 5 aromatic rings. The minimum Gasteiger partial charge on any atom is -0.506 e. The number of rotatable bonds is 5. The predicted octanol–water partition coefficient (Wildman–Crippen LogP) is 7.04. The van der Waals surface area contributed by atoms with Gasteiger partial charge in [-0.3, -0.25) is 5.10 Å². The van der Waals surface area contributed by atoms with E-state index in [0.717, 1.165) is 16.3 Å². The lowest BCUT2D eigenvalue weighted by molar-refractivity contribution is 0.0526. The van der Waals surface area contributed by atoms with Crippen molar-refractivity contribution in [3.05, 3.63) is 76.9 Å². The van der Waals surface area contributed by atoms with Gasteiger partial charge in [0.2, 0.25) is 0 Å². The minimum atomic E-state index is -0.500. The van der Waals surface area contributed by atoms with Crippen LogP contribution < -0.4 is 0 Å². The molecule has 0 aliphatic rings. The van der Waals surface area contributed by atoms with Crippen LogP contribution >= 0.6 is 11.6 Å². The van der Waals surface area contributed by atoms with E-state index >= 15 is 0 Å². The van der Waals surface area contributed by atoms with Crippen LogP contribution in [-0.4, -0.2) is 32.9 Å². The summed E-state index contributed by atoms with van der Waals surface area (Å²) >= 11 is 6.11. The molecule has 0 bridgehead atoms. The average Bonchev–Trinajstić information content (AvgIpc) is 3.25. The van der Waals surface area contributed by atoms with Crippen molar-refractivity contribution in [1.29, 1.82) is 0 Å². The summed E-state index contributed by atoms with van der Waals surface area (Å²) in [6, 6.07) is 18.0. The second kappa shape index (κ2) is 9.15. The molecule has 3 aromatic carbocycles. The van der Waals surface area contributed by atoms with Crippen molar-refractivity contribution < 1.29 is 14.6 Å². The summed E-state index contributed by atoms with van der Waals surface area (Å²) in [4.78, 5) is 17.5. The zero-order chi connectivity index (χ0) is 24.5. The highest BCUT2D eigenvalue weighted by Gasteiger charge is 2.25. The number of benzene rings is 3. The van der Waals surface area contributed by atoms with E-state index in [9.17, 15) is 9.90 Å². The van der Waals surface area contributed by atoms with Crippen LogP contribution in [0.15, 0.2) is 70.9 Å². The maximum atomic E-state index is 13.0. The van der Waals surface area contributed by atoms with Gasteiger partial charge in [0.05, 0.1) is 23.3 Å². The SMILES string of the molecule is CCOC(=O)c1c(C)nc2n[nH]c(N=Nc3c(O)ccc4ccccc34)c2c1-c1ccc(Cl)cc1. The fourth-order valence-electron chi connectivity index (χ4n) is 4.03. The molecule has 0 spiro atoms. The van der Waals surface area contributed by atoms with Gasteiger partial charge >= 0.3 is 5.97 Å². The van der Waals surface area contributed by atoms with Gasteiger partial charge in [-0.15, -0.1) is 10.2 Å². The number of hydrogen-bond donors (Lipinski definition) is 2. The molecular formula is C26H20ClN5O3. The lowest BCUT2D eigenvalue weighted by Gasteiger charge is -2.13. The van der Waals surface area contributed by atoms with Crippen molar-refractivity contribution >= 4 is 50.9 Å². The van der Waals surface area contributed by atoms with Gasteiger partial charge in [0.25, 0.3) is 0 Å². The van der Waals surface area contributed by atoms with Gasteiger partial charge in [-0.2, -0.15) is 5.10 Å². The summed E-state index contributed by atoms with van der Waals surface area (Å²) in [6.45, 7) is 3.69. The first-order valence-corrected chi connectivity index (χ1v) is 11.3. The molecule has 0 amide bonds. The number of halogens is 1. The molecule has 174 valence electrons. The highest BCUT2D eigenvalue weighted by atomic mass is 35.5. The van der Waals surface area contributed by atoms with Crippen molar-refractivity contribution in [2.75, 3.05) is 6.61 Å². The van der Waals surface area contributed by atoms with Gasteiger partial charge < -0.3 is 9.84 Å². The van der Waals surface area contributed by atoms with Crippen molar-refractivity contribution in [2.45, 2.75) is 13.8 Å². The first kappa shape index (κ1) is 22.5. The molecule has 5 rings (SSSR count). The van der Waals surface area contributed by atoms with Crippen LogP contribution in [0.3, 0.4) is 0 Å². The zero-order valence-electron chi connectivity index (χ0n) is 18.9. The number of carbonyl (C=O) groups excluding carboxylic acids is 1. The minimum absolute atomic E-state index is 0.00428. The molecule has 9 heteroatoms. The van der Waals surface area contributed by atoms with Gasteiger partial charge in [0, 0.05) is 16.0 Å². The van der Waals surface area contributed by atoms with Crippen LogP contribution in [0.4, 0.5) is 11.5 Å². The molecule has 0 aliphatic carbocycles. The number of phenols is 1. The number of pyridine rings is 1. The molecule has 0 atom stereocenters. The Balaban J connectivity index is 1.75. The maximum absolute atomic E-state index is 13.0. The Hall–Kier alpha value is -4.30. The standard InChI is InChI=1S/C26H20ClN5O3/c1-3-35-26(34)20-14(2)28-24-22(21(20)16-8-11-17(27)12-9-16)25(32-30-24)31-29-23-18-7-5-4-6-15(18)10-13-19(23)33/h4-13,33H,3H2,1-2H3,(H,28,30,32). The third-order valence-corrected chi connectivity index (χ3v) is 5.86. The zero-order valence-corrected chi connectivity index (χ0v) is 19.7. The number of aromatic nitrogens is 3. The second-order valence-corrected chi connectivity index (χ2v) is 8.24. The van der Waals surface area contributed by atoms with E-state index in [1.807, 2.05) is 42.5 Å². The van der Waals surface area contributed by atoms with Gasteiger partial charge in [-0.05, 0) is 43.0 Å². The summed E-state index contributed by atoms with van der Waals surface area (Å²) in [6.07, 6.45) is 0. The third kappa shape index (κ3) is 4.08. The number of azo groups is 1. The quantitative estimate of drug-likeness (QED) is 0.205. The summed E-state index contributed by atoms with van der Waals surface area (Å²) < 4.78 is 5.33. The van der Waals surface area contributed by atoms with E-state index in [1.54, 1.807) is 32.0 Å². The number of hydrogen-bond acceptors (Lipinski definition) is 7. The van der Waals surface area contributed by atoms with E-state index < -0.39 is 5.97 Å². The topological polar surface area (TPSA) is 113 Å². The molecule has 0 saturated heterocycles. The van der Waals surface area contributed by atoms with E-state index in [-0.39, 0.29) is 18.2 Å². The molecular weight excluding hydrogens is 466 g/mol. The second-order valence-electron chi connectivity index (χ2n) is 7.80. The fourth-order valence-corrected chi connectivity index (χ4v) is 4.16. The fraction of sp³-hybridized carbons (Fsp3) is 0.115. The van der Waals surface area contributed by atoms with Gasteiger partial charge in [0.1, 0.15) is 11.4 Å². The first-order valence-electron chi connectivity index (χ1n) is 10.9. The number of nitrogens with one attached hydrogen (secondary N) is 1. The van der Waals surface area contributed by atoms with Crippen LogP contribution in [0.2, 0.25) is 5.02 Å². The average molecular weight is 486 g/mol. The van der Waals surface area contributed by atoms with Crippen molar-refractivity contribution in [2.24, 2.45) is 10.2 Å². The molecule has 2 heterocycles. The molecule has 0 fully saturated rings. The normalized spacial score (nSPS) is 11.5.